The number of rotatable bonds is 7. The first kappa shape index (κ1) is 19.1. The van der Waals surface area contributed by atoms with Crippen molar-refractivity contribution in [2.45, 2.75) is 31.2 Å². The molecule has 0 aliphatic heterocycles. The fraction of sp³-hybridized carbons (Fsp3) is 0.278. The Bertz CT molecular complexity index is 836. The maximum absolute atomic E-state index is 13.7. The number of carbonyl (C=O) groups is 1. The van der Waals surface area contributed by atoms with Gasteiger partial charge in [0.05, 0.1) is 4.90 Å². The fourth-order valence-electron chi connectivity index (χ4n) is 2.41. The molecule has 0 heterocycles. The van der Waals surface area contributed by atoms with Crippen LogP contribution in [0.15, 0.2) is 53.4 Å². The van der Waals surface area contributed by atoms with Crippen molar-refractivity contribution < 1.29 is 17.6 Å². The number of carbonyl (C=O) groups excluding carboxylic acids is 1. The van der Waals surface area contributed by atoms with Crippen LogP contribution in [0.4, 0.5) is 4.39 Å². The fourth-order valence-corrected chi connectivity index (χ4v) is 3.45. The van der Waals surface area contributed by atoms with Gasteiger partial charge in [0, 0.05) is 18.2 Å². The van der Waals surface area contributed by atoms with Crippen LogP contribution in [0.3, 0.4) is 0 Å². The molecule has 2 aromatic carbocycles. The van der Waals surface area contributed by atoms with Gasteiger partial charge in [-0.2, -0.15) is 0 Å². The molecule has 134 valence electrons. The van der Waals surface area contributed by atoms with Crippen molar-refractivity contribution in [2.75, 3.05) is 6.54 Å². The summed E-state index contributed by atoms with van der Waals surface area (Å²) < 4.78 is 39.8. The quantitative estimate of drug-likeness (QED) is 0.793. The lowest BCUT2D eigenvalue weighted by Crippen LogP contribution is -2.34. The minimum Gasteiger partial charge on any atom is -0.349 e. The Balaban J connectivity index is 2.02. The van der Waals surface area contributed by atoms with Crippen LogP contribution in [0.25, 0.3) is 0 Å². The highest BCUT2D eigenvalue weighted by Crippen LogP contribution is 2.12. The van der Waals surface area contributed by atoms with Crippen molar-refractivity contribution in [3.63, 3.8) is 0 Å². The Kier molecular flexibility index (Phi) is 6.27. The zero-order valence-electron chi connectivity index (χ0n) is 14.1. The predicted molar refractivity (Wildman–Crippen MR) is 94.3 cm³/mol. The molecule has 0 bridgehead atoms. The van der Waals surface area contributed by atoms with E-state index < -0.39 is 10.0 Å². The largest absolute Gasteiger partial charge is 0.349 e. The van der Waals surface area contributed by atoms with Gasteiger partial charge in [-0.1, -0.05) is 25.1 Å². The lowest BCUT2D eigenvalue weighted by Gasteiger charge is -2.14. The predicted octanol–water partition coefficient (Wildman–Crippen LogP) is 2.48. The van der Waals surface area contributed by atoms with Gasteiger partial charge in [-0.15, -0.1) is 0 Å². The van der Waals surface area contributed by atoms with Crippen LogP contribution in [0, 0.1) is 5.82 Å². The van der Waals surface area contributed by atoms with E-state index in [1.165, 1.54) is 30.3 Å². The molecule has 7 heteroatoms. The van der Waals surface area contributed by atoms with E-state index in [1.807, 2.05) is 0 Å². The van der Waals surface area contributed by atoms with Gasteiger partial charge in [-0.25, -0.2) is 17.5 Å². The highest BCUT2D eigenvalue weighted by molar-refractivity contribution is 7.89. The second-order valence-electron chi connectivity index (χ2n) is 5.70. The molecule has 2 aromatic rings. The Labute approximate surface area is 147 Å². The molecule has 0 radical (unpaired) electrons. The van der Waals surface area contributed by atoms with Crippen LogP contribution in [0.1, 0.15) is 29.8 Å². The Morgan fingerprint density at radius 3 is 2.36 bits per heavy atom. The third kappa shape index (κ3) is 5.11. The first-order chi connectivity index (χ1) is 11.8. The monoisotopic (exact) mass is 364 g/mol. The van der Waals surface area contributed by atoms with Gasteiger partial charge in [0.2, 0.25) is 10.0 Å². The molecule has 0 saturated carbocycles. The molecule has 1 amide bonds. The zero-order chi connectivity index (χ0) is 18.4. The molecular weight excluding hydrogens is 343 g/mol. The average Bonchev–Trinajstić information content (AvgIpc) is 2.57. The van der Waals surface area contributed by atoms with Crippen molar-refractivity contribution in [1.82, 2.24) is 10.0 Å². The third-order valence-corrected chi connectivity index (χ3v) is 5.18. The molecule has 0 spiro atoms. The summed E-state index contributed by atoms with van der Waals surface area (Å²) in [5.74, 6) is -0.641. The van der Waals surface area contributed by atoms with E-state index in [-0.39, 0.29) is 29.2 Å². The number of halogens is 1. The summed E-state index contributed by atoms with van der Waals surface area (Å²) in [6.45, 7) is 3.77. The summed E-state index contributed by atoms with van der Waals surface area (Å²) in [7, 11) is -3.54. The highest BCUT2D eigenvalue weighted by Gasteiger charge is 2.15. The van der Waals surface area contributed by atoms with Gasteiger partial charge >= 0.3 is 0 Å². The number of hydrogen-bond donors (Lipinski definition) is 2. The lowest BCUT2D eigenvalue weighted by atomic mass is 10.1. The SMILES string of the molecule is CCNS(=O)(=O)c1ccc(C(=O)NC(C)Cc2ccccc2F)cc1. The molecule has 0 aromatic heterocycles. The average molecular weight is 364 g/mol. The number of hydrogen-bond acceptors (Lipinski definition) is 3. The minimum atomic E-state index is -3.54. The summed E-state index contributed by atoms with van der Waals surface area (Å²) in [6.07, 6.45) is 0.366. The van der Waals surface area contributed by atoms with Gasteiger partial charge in [-0.05, 0) is 49.2 Å². The summed E-state index contributed by atoms with van der Waals surface area (Å²) in [6, 6.07) is 11.8. The van der Waals surface area contributed by atoms with Gasteiger partial charge in [0.25, 0.3) is 5.91 Å². The summed E-state index contributed by atoms with van der Waals surface area (Å²) in [5, 5.41) is 2.78. The van der Waals surface area contributed by atoms with E-state index in [0.717, 1.165) is 0 Å². The highest BCUT2D eigenvalue weighted by atomic mass is 32.2. The van der Waals surface area contributed by atoms with Crippen molar-refractivity contribution >= 4 is 15.9 Å². The molecule has 2 N–H and O–H groups in total. The molecule has 5 nitrogen and oxygen atoms in total. The van der Waals surface area contributed by atoms with Crippen molar-refractivity contribution in [3.05, 3.63) is 65.5 Å². The summed E-state index contributed by atoms with van der Waals surface area (Å²) in [5.41, 5.74) is 0.873. The van der Waals surface area contributed by atoms with E-state index >= 15 is 0 Å². The summed E-state index contributed by atoms with van der Waals surface area (Å²) in [4.78, 5) is 12.3. The topological polar surface area (TPSA) is 75.3 Å². The maximum Gasteiger partial charge on any atom is 0.251 e. The Morgan fingerprint density at radius 1 is 1.12 bits per heavy atom. The van der Waals surface area contributed by atoms with Crippen LogP contribution < -0.4 is 10.0 Å². The number of amides is 1. The van der Waals surface area contributed by atoms with Crippen LogP contribution >= 0.6 is 0 Å². The van der Waals surface area contributed by atoms with Crippen LogP contribution in [-0.4, -0.2) is 26.9 Å². The molecule has 1 atom stereocenters. The smallest absolute Gasteiger partial charge is 0.251 e. The second-order valence-corrected chi connectivity index (χ2v) is 7.46. The molecule has 2 rings (SSSR count). The number of benzene rings is 2. The second kappa shape index (κ2) is 8.22. The molecule has 0 saturated heterocycles. The van der Waals surface area contributed by atoms with E-state index in [0.29, 0.717) is 17.5 Å². The van der Waals surface area contributed by atoms with E-state index in [2.05, 4.69) is 10.0 Å². The molecule has 1 unspecified atom stereocenters. The zero-order valence-corrected chi connectivity index (χ0v) is 14.9. The number of nitrogens with one attached hydrogen (secondary N) is 2. The van der Waals surface area contributed by atoms with Gasteiger partial charge in [-0.3, -0.25) is 4.79 Å². The van der Waals surface area contributed by atoms with Crippen molar-refractivity contribution in [2.24, 2.45) is 0 Å². The summed E-state index contributed by atoms with van der Waals surface area (Å²) >= 11 is 0. The Hall–Kier alpha value is -2.25. The van der Waals surface area contributed by atoms with E-state index in [1.54, 1.807) is 32.0 Å². The van der Waals surface area contributed by atoms with Crippen LogP contribution in [-0.2, 0) is 16.4 Å². The molecule has 0 aliphatic carbocycles. The molecule has 25 heavy (non-hydrogen) atoms. The molecular formula is C18H21FN2O3S. The molecule has 0 aliphatic rings. The normalized spacial score (nSPS) is 12.6. The first-order valence-electron chi connectivity index (χ1n) is 7.97. The standard InChI is InChI=1S/C18H21FN2O3S/c1-3-20-25(23,24)16-10-8-14(9-11-16)18(22)21-13(2)12-15-6-4-5-7-17(15)19/h4-11,13,20H,3,12H2,1-2H3,(H,21,22). The third-order valence-electron chi connectivity index (χ3n) is 3.62. The van der Waals surface area contributed by atoms with Gasteiger partial charge in [0.1, 0.15) is 5.82 Å². The Morgan fingerprint density at radius 2 is 1.76 bits per heavy atom. The number of sulfonamides is 1. The van der Waals surface area contributed by atoms with E-state index in [9.17, 15) is 17.6 Å². The maximum atomic E-state index is 13.7. The minimum absolute atomic E-state index is 0.102. The van der Waals surface area contributed by atoms with Crippen LogP contribution in [0.5, 0.6) is 0 Å². The van der Waals surface area contributed by atoms with Gasteiger partial charge < -0.3 is 5.32 Å². The molecule has 0 fully saturated rings. The van der Waals surface area contributed by atoms with Crippen LogP contribution in [0.2, 0.25) is 0 Å². The van der Waals surface area contributed by atoms with E-state index in [4.69, 9.17) is 0 Å². The lowest BCUT2D eigenvalue weighted by molar-refractivity contribution is 0.0940. The van der Waals surface area contributed by atoms with Crippen molar-refractivity contribution in [3.8, 4) is 0 Å². The van der Waals surface area contributed by atoms with Gasteiger partial charge in [0.15, 0.2) is 0 Å². The van der Waals surface area contributed by atoms with Crippen molar-refractivity contribution in [1.29, 1.82) is 0 Å². The first-order valence-corrected chi connectivity index (χ1v) is 9.46.